The molecule has 1 saturated heterocycles. The third kappa shape index (κ3) is 2.87. The van der Waals surface area contributed by atoms with Crippen LogP contribution in [0.4, 0.5) is 0 Å². The molecule has 0 aromatic carbocycles. The van der Waals surface area contributed by atoms with Crippen LogP contribution in [0.5, 0.6) is 0 Å². The molecule has 20 heavy (non-hydrogen) atoms. The molecule has 2 heterocycles. The highest BCUT2D eigenvalue weighted by atomic mass is 32.2. The van der Waals surface area contributed by atoms with Crippen molar-refractivity contribution in [2.24, 2.45) is 7.05 Å². The average molecular weight is 300 g/mol. The highest BCUT2D eigenvalue weighted by molar-refractivity contribution is 7.89. The lowest BCUT2D eigenvalue weighted by molar-refractivity contribution is -0.125. The molecular weight excluding hydrogens is 280 g/mol. The van der Waals surface area contributed by atoms with Crippen LogP contribution in [0.2, 0.25) is 0 Å². The number of hydrogen-bond acceptors (Lipinski definition) is 4. The number of sulfonamides is 1. The molecule has 1 aliphatic heterocycles. The van der Waals surface area contributed by atoms with E-state index in [9.17, 15) is 13.2 Å². The maximum absolute atomic E-state index is 12.6. The first-order chi connectivity index (χ1) is 9.46. The van der Waals surface area contributed by atoms with E-state index < -0.39 is 16.1 Å². The molecule has 0 saturated carbocycles. The summed E-state index contributed by atoms with van der Waals surface area (Å²) in [4.78, 5) is 12.2. The number of amides is 1. The third-order valence-corrected chi connectivity index (χ3v) is 5.15. The summed E-state index contributed by atoms with van der Waals surface area (Å²) in [5.74, 6) is -0.265. The van der Waals surface area contributed by atoms with E-state index in [0.717, 1.165) is 0 Å². The topological polar surface area (TPSA) is 83.4 Å². The lowest BCUT2D eigenvalue weighted by Gasteiger charge is -2.33. The molecule has 0 bridgehead atoms. The van der Waals surface area contributed by atoms with Crippen LogP contribution in [0.1, 0.15) is 6.92 Å². The van der Waals surface area contributed by atoms with Gasteiger partial charge in [0.2, 0.25) is 15.9 Å². The van der Waals surface area contributed by atoms with Crippen molar-refractivity contribution in [1.82, 2.24) is 19.5 Å². The number of nitrogens with zero attached hydrogens (tertiary/aromatic N) is 2. The van der Waals surface area contributed by atoms with Crippen molar-refractivity contribution in [3.8, 4) is 0 Å². The molecule has 7 nitrogen and oxygen atoms in total. The summed E-state index contributed by atoms with van der Waals surface area (Å²) < 4.78 is 28.2. The zero-order chi connectivity index (χ0) is 14.8. The molecule has 2 N–H and O–H groups in total. The van der Waals surface area contributed by atoms with Crippen molar-refractivity contribution in [2.75, 3.05) is 26.2 Å². The van der Waals surface area contributed by atoms with E-state index >= 15 is 0 Å². The summed E-state index contributed by atoms with van der Waals surface area (Å²) in [6.07, 6.45) is 3.22. The zero-order valence-corrected chi connectivity index (χ0v) is 12.5. The highest BCUT2D eigenvalue weighted by Gasteiger charge is 2.37. The van der Waals surface area contributed by atoms with Gasteiger partial charge in [-0.2, -0.15) is 4.31 Å². The number of likely N-dealkylation sites (N-methyl/N-ethyl adjacent to an activating group) is 1. The molecule has 2 rings (SSSR count). The molecule has 1 aromatic rings. The number of carbonyl (C=O) groups is 1. The number of piperazine rings is 1. The maximum Gasteiger partial charge on any atom is 0.245 e. The Balaban J connectivity index is 2.29. The minimum absolute atomic E-state index is 0.219. The van der Waals surface area contributed by atoms with Gasteiger partial charge in [-0.1, -0.05) is 0 Å². The van der Waals surface area contributed by atoms with E-state index in [1.807, 2.05) is 6.92 Å². The Kier molecular flexibility index (Phi) is 4.46. The van der Waals surface area contributed by atoms with Crippen LogP contribution >= 0.6 is 0 Å². The molecule has 1 fully saturated rings. The molecule has 8 heteroatoms. The van der Waals surface area contributed by atoms with Gasteiger partial charge in [-0.15, -0.1) is 0 Å². The second kappa shape index (κ2) is 5.94. The first kappa shape index (κ1) is 15.0. The van der Waals surface area contributed by atoms with Crippen LogP contribution in [-0.2, 0) is 21.9 Å². The highest BCUT2D eigenvalue weighted by Crippen LogP contribution is 2.19. The van der Waals surface area contributed by atoms with E-state index in [0.29, 0.717) is 26.2 Å². The van der Waals surface area contributed by atoms with Crippen LogP contribution in [0, 0.1) is 0 Å². The monoisotopic (exact) mass is 300 g/mol. The van der Waals surface area contributed by atoms with Crippen LogP contribution in [0.25, 0.3) is 0 Å². The van der Waals surface area contributed by atoms with Gasteiger partial charge in [-0.3, -0.25) is 4.79 Å². The fraction of sp³-hybridized carbons (Fsp3) is 0.583. The van der Waals surface area contributed by atoms with Crippen molar-refractivity contribution >= 4 is 15.9 Å². The summed E-state index contributed by atoms with van der Waals surface area (Å²) >= 11 is 0. The molecule has 112 valence electrons. The molecule has 0 radical (unpaired) electrons. The molecule has 1 unspecified atom stereocenters. The Labute approximate surface area is 119 Å². The first-order valence-electron chi connectivity index (χ1n) is 6.59. The molecule has 0 aliphatic carbocycles. The Morgan fingerprint density at radius 2 is 2.30 bits per heavy atom. The number of hydrogen-bond donors (Lipinski definition) is 2. The number of carbonyl (C=O) groups excluding carboxylic acids is 1. The van der Waals surface area contributed by atoms with Gasteiger partial charge in [0.05, 0.1) is 4.90 Å². The Bertz CT molecular complexity index is 581. The molecule has 1 aliphatic rings. The quantitative estimate of drug-likeness (QED) is 0.757. The number of aryl methyl sites for hydroxylation is 1. The number of rotatable bonds is 4. The average Bonchev–Trinajstić information content (AvgIpc) is 2.86. The standard InChI is InChI=1S/C12H20N4O3S/c1-3-14-12(17)11-8-13-5-7-16(11)20(18,19)10-4-6-15(2)9-10/h4,6,9,11,13H,3,5,7-8H2,1-2H3,(H,14,17). The van der Waals surface area contributed by atoms with E-state index in [-0.39, 0.29) is 10.8 Å². The SMILES string of the molecule is CCNC(=O)C1CNCCN1S(=O)(=O)c1ccn(C)c1. The van der Waals surface area contributed by atoms with Gasteiger partial charge in [-0.25, -0.2) is 8.42 Å². The van der Waals surface area contributed by atoms with Gasteiger partial charge in [-0.05, 0) is 13.0 Å². The van der Waals surface area contributed by atoms with Gasteiger partial charge in [0, 0.05) is 45.6 Å². The minimum Gasteiger partial charge on any atom is -0.356 e. The second-order valence-corrected chi connectivity index (χ2v) is 6.63. The molecule has 1 atom stereocenters. The van der Waals surface area contributed by atoms with Crippen LogP contribution in [0.3, 0.4) is 0 Å². The van der Waals surface area contributed by atoms with Gasteiger partial charge in [0.25, 0.3) is 0 Å². The van der Waals surface area contributed by atoms with Crippen molar-refractivity contribution in [2.45, 2.75) is 17.9 Å². The number of nitrogens with one attached hydrogen (secondary N) is 2. The minimum atomic E-state index is -3.64. The molecule has 1 amide bonds. The lowest BCUT2D eigenvalue weighted by atomic mass is 10.2. The molecule has 0 spiro atoms. The second-order valence-electron chi connectivity index (χ2n) is 4.74. The van der Waals surface area contributed by atoms with E-state index in [4.69, 9.17) is 0 Å². The third-order valence-electron chi connectivity index (χ3n) is 3.26. The summed E-state index contributed by atoms with van der Waals surface area (Å²) in [5.41, 5.74) is 0. The van der Waals surface area contributed by atoms with Crippen molar-refractivity contribution in [3.63, 3.8) is 0 Å². The van der Waals surface area contributed by atoms with Crippen LogP contribution in [0.15, 0.2) is 23.4 Å². The fourth-order valence-electron chi connectivity index (χ4n) is 2.25. The van der Waals surface area contributed by atoms with Gasteiger partial charge in [0.1, 0.15) is 6.04 Å². The summed E-state index contributed by atoms with van der Waals surface area (Å²) in [6.45, 7) is 3.46. The summed E-state index contributed by atoms with van der Waals surface area (Å²) in [6, 6.07) is 0.848. The normalized spacial score (nSPS) is 20.8. The maximum atomic E-state index is 12.6. The Morgan fingerprint density at radius 1 is 1.55 bits per heavy atom. The summed E-state index contributed by atoms with van der Waals surface area (Å²) in [5, 5.41) is 5.74. The molecule has 1 aromatic heterocycles. The van der Waals surface area contributed by atoms with Crippen molar-refractivity contribution < 1.29 is 13.2 Å². The van der Waals surface area contributed by atoms with Crippen molar-refractivity contribution in [1.29, 1.82) is 0 Å². The van der Waals surface area contributed by atoms with E-state index in [1.165, 1.54) is 4.31 Å². The zero-order valence-electron chi connectivity index (χ0n) is 11.7. The van der Waals surface area contributed by atoms with Crippen LogP contribution < -0.4 is 10.6 Å². The Morgan fingerprint density at radius 3 is 2.90 bits per heavy atom. The lowest BCUT2D eigenvalue weighted by Crippen LogP contribution is -2.59. The fourth-order valence-corrected chi connectivity index (χ4v) is 3.89. The van der Waals surface area contributed by atoms with Crippen LogP contribution in [-0.4, -0.2) is 55.4 Å². The van der Waals surface area contributed by atoms with Gasteiger partial charge >= 0.3 is 0 Å². The predicted molar refractivity (Wildman–Crippen MR) is 74.6 cm³/mol. The van der Waals surface area contributed by atoms with E-state index in [1.54, 1.807) is 30.1 Å². The van der Waals surface area contributed by atoms with Crippen molar-refractivity contribution in [3.05, 3.63) is 18.5 Å². The largest absolute Gasteiger partial charge is 0.356 e. The smallest absolute Gasteiger partial charge is 0.245 e. The molecular formula is C12H20N4O3S. The van der Waals surface area contributed by atoms with Gasteiger partial charge in [0.15, 0.2) is 0 Å². The first-order valence-corrected chi connectivity index (χ1v) is 8.03. The summed E-state index contributed by atoms with van der Waals surface area (Å²) in [7, 11) is -1.88. The Hall–Kier alpha value is -1.38. The number of aromatic nitrogens is 1. The van der Waals surface area contributed by atoms with E-state index in [2.05, 4.69) is 10.6 Å². The predicted octanol–water partition coefficient (Wildman–Crippen LogP) is -0.876. The van der Waals surface area contributed by atoms with Gasteiger partial charge < -0.3 is 15.2 Å².